The third kappa shape index (κ3) is 3.59. The number of halogens is 1. The van der Waals surface area contributed by atoms with E-state index in [-0.39, 0.29) is 16.7 Å². The second-order valence-corrected chi connectivity index (χ2v) is 7.96. The first-order valence-electron chi connectivity index (χ1n) is 8.21. The van der Waals surface area contributed by atoms with Gasteiger partial charge in [0, 0.05) is 25.1 Å². The molecule has 0 unspecified atom stereocenters. The van der Waals surface area contributed by atoms with E-state index in [9.17, 15) is 8.42 Å². The van der Waals surface area contributed by atoms with E-state index in [1.165, 1.54) is 4.40 Å². The molecule has 0 aliphatic carbocycles. The predicted molar refractivity (Wildman–Crippen MR) is 102 cm³/mol. The fourth-order valence-electron chi connectivity index (χ4n) is 2.84. The highest BCUT2D eigenvalue weighted by Crippen LogP contribution is 2.22. The minimum Gasteiger partial charge on any atom is -0.329 e. The summed E-state index contributed by atoms with van der Waals surface area (Å²) in [6.45, 7) is 0.646. The first-order chi connectivity index (χ1) is 13.0. The van der Waals surface area contributed by atoms with Crippen LogP contribution in [0.5, 0.6) is 0 Å². The molecule has 4 aromatic rings. The first kappa shape index (κ1) is 17.7. The number of sulfonamides is 1. The molecule has 0 fully saturated rings. The van der Waals surface area contributed by atoms with Crippen molar-refractivity contribution in [1.82, 2.24) is 23.7 Å². The quantitative estimate of drug-likeness (QED) is 0.538. The molecule has 27 heavy (non-hydrogen) atoms. The summed E-state index contributed by atoms with van der Waals surface area (Å²) in [5, 5.41) is -0.151. The molecule has 0 atom stereocenters. The first-order valence-corrected chi connectivity index (χ1v) is 10.1. The van der Waals surface area contributed by atoms with Crippen molar-refractivity contribution in [3.8, 4) is 0 Å². The van der Waals surface area contributed by atoms with Crippen LogP contribution >= 0.6 is 11.6 Å². The Bertz CT molecular complexity index is 1180. The van der Waals surface area contributed by atoms with Crippen LogP contribution in [0, 0.1) is 0 Å². The summed E-state index contributed by atoms with van der Waals surface area (Å²) in [7, 11) is -3.87. The molecule has 0 aliphatic rings. The van der Waals surface area contributed by atoms with Crippen molar-refractivity contribution in [3.05, 3.63) is 83.7 Å². The maximum atomic E-state index is 12.8. The van der Waals surface area contributed by atoms with Crippen LogP contribution in [-0.2, 0) is 23.1 Å². The van der Waals surface area contributed by atoms with Gasteiger partial charge >= 0.3 is 0 Å². The van der Waals surface area contributed by atoms with Gasteiger partial charge in [0.2, 0.25) is 0 Å². The van der Waals surface area contributed by atoms with Gasteiger partial charge < -0.3 is 4.57 Å². The van der Waals surface area contributed by atoms with Crippen LogP contribution in [-0.4, -0.2) is 27.4 Å². The van der Waals surface area contributed by atoms with Crippen LogP contribution in [0.1, 0.15) is 11.4 Å². The van der Waals surface area contributed by atoms with Crippen molar-refractivity contribution in [2.75, 3.05) is 0 Å². The van der Waals surface area contributed by atoms with Crippen molar-refractivity contribution >= 4 is 27.3 Å². The van der Waals surface area contributed by atoms with E-state index < -0.39 is 10.0 Å². The van der Waals surface area contributed by atoms with Gasteiger partial charge in [0.15, 0.2) is 10.2 Å². The second-order valence-electron chi connectivity index (χ2n) is 5.92. The number of pyridine rings is 1. The second kappa shape index (κ2) is 7.15. The monoisotopic (exact) mass is 401 g/mol. The number of imidazole rings is 2. The highest BCUT2D eigenvalue weighted by atomic mass is 35.5. The van der Waals surface area contributed by atoms with Crippen LogP contribution in [0.15, 0.2) is 72.1 Å². The molecule has 1 N–H and O–H groups in total. The van der Waals surface area contributed by atoms with Crippen LogP contribution in [0.2, 0.25) is 5.15 Å². The maximum Gasteiger partial charge on any atom is 0.260 e. The number of rotatable bonds is 6. The van der Waals surface area contributed by atoms with E-state index in [0.29, 0.717) is 18.0 Å². The van der Waals surface area contributed by atoms with Gasteiger partial charge in [0.05, 0.1) is 6.54 Å². The molecule has 3 aromatic heterocycles. The van der Waals surface area contributed by atoms with E-state index in [2.05, 4.69) is 14.7 Å². The number of aromatic nitrogens is 4. The fraction of sp³-hybridized carbons (Fsp3) is 0.111. The molecule has 0 radical (unpaired) electrons. The molecule has 7 nitrogen and oxygen atoms in total. The number of nitrogens with zero attached hydrogens (tertiary/aromatic N) is 4. The molecule has 4 rings (SSSR count). The summed E-state index contributed by atoms with van der Waals surface area (Å²) in [5.74, 6) is 0.604. The lowest BCUT2D eigenvalue weighted by molar-refractivity contribution is 0.571. The Kier molecular flexibility index (Phi) is 4.69. The molecule has 0 bridgehead atoms. The maximum absolute atomic E-state index is 12.8. The largest absolute Gasteiger partial charge is 0.329 e. The molecular formula is C18H16ClN5O2S. The zero-order valence-corrected chi connectivity index (χ0v) is 15.7. The number of fused-ring (bicyclic) bond motifs is 1. The van der Waals surface area contributed by atoms with Gasteiger partial charge in [-0.25, -0.2) is 23.1 Å². The van der Waals surface area contributed by atoms with Gasteiger partial charge in [-0.1, -0.05) is 48.0 Å². The standard InChI is InChI=1S/C18H16ClN5O2S/c19-17-18(24-10-5-4-8-15(24)22-17)27(25,26)21-12-16-20-9-11-23(16)13-14-6-2-1-3-7-14/h1-11,21H,12-13H2. The lowest BCUT2D eigenvalue weighted by Gasteiger charge is -2.10. The molecule has 0 saturated carbocycles. The minimum atomic E-state index is -3.87. The molecule has 0 aliphatic heterocycles. The molecule has 138 valence electrons. The average molecular weight is 402 g/mol. The average Bonchev–Trinajstić information content (AvgIpc) is 3.24. The van der Waals surface area contributed by atoms with Crippen molar-refractivity contribution in [2.45, 2.75) is 18.1 Å². The molecule has 0 saturated heterocycles. The van der Waals surface area contributed by atoms with Gasteiger partial charge in [0.1, 0.15) is 11.5 Å². The van der Waals surface area contributed by atoms with E-state index in [1.807, 2.05) is 41.1 Å². The van der Waals surface area contributed by atoms with E-state index in [0.717, 1.165) is 5.56 Å². The van der Waals surface area contributed by atoms with Gasteiger partial charge in [-0.3, -0.25) is 4.40 Å². The fourth-order valence-corrected chi connectivity index (χ4v) is 4.46. The summed E-state index contributed by atoms with van der Waals surface area (Å²) in [4.78, 5) is 8.35. The van der Waals surface area contributed by atoms with Crippen molar-refractivity contribution < 1.29 is 8.42 Å². The molecule has 3 heterocycles. The van der Waals surface area contributed by atoms with E-state index in [1.54, 1.807) is 30.6 Å². The van der Waals surface area contributed by atoms with Crippen LogP contribution < -0.4 is 4.72 Å². The van der Waals surface area contributed by atoms with Gasteiger partial charge in [0.25, 0.3) is 10.0 Å². The van der Waals surface area contributed by atoms with Gasteiger partial charge in [-0.2, -0.15) is 0 Å². The predicted octanol–water partition coefficient (Wildman–Crippen LogP) is 2.71. The summed E-state index contributed by atoms with van der Waals surface area (Å²) in [6.07, 6.45) is 5.07. The van der Waals surface area contributed by atoms with E-state index >= 15 is 0 Å². The highest BCUT2D eigenvalue weighted by Gasteiger charge is 2.24. The molecule has 0 spiro atoms. The molecule has 1 aromatic carbocycles. The zero-order chi connectivity index (χ0) is 18.9. The Hall–Kier alpha value is -2.68. The lowest BCUT2D eigenvalue weighted by atomic mass is 10.2. The van der Waals surface area contributed by atoms with Crippen LogP contribution in [0.4, 0.5) is 0 Å². The van der Waals surface area contributed by atoms with Crippen molar-refractivity contribution in [2.24, 2.45) is 0 Å². The number of nitrogens with one attached hydrogen (secondary N) is 1. The van der Waals surface area contributed by atoms with E-state index in [4.69, 9.17) is 11.6 Å². The Balaban J connectivity index is 1.57. The Morgan fingerprint density at radius 2 is 1.81 bits per heavy atom. The number of benzene rings is 1. The minimum absolute atomic E-state index is 0.0402. The Morgan fingerprint density at radius 1 is 1.04 bits per heavy atom. The summed E-state index contributed by atoms with van der Waals surface area (Å²) >= 11 is 6.08. The lowest BCUT2D eigenvalue weighted by Crippen LogP contribution is -2.26. The molecular weight excluding hydrogens is 386 g/mol. The number of hydrogen-bond donors (Lipinski definition) is 1. The molecule has 0 amide bonds. The topological polar surface area (TPSA) is 81.3 Å². The van der Waals surface area contributed by atoms with Crippen LogP contribution in [0.3, 0.4) is 0 Å². The summed E-state index contributed by atoms with van der Waals surface area (Å²) in [6, 6.07) is 15.1. The SMILES string of the molecule is O=S(=O)(NCc1nccn1Cc1ccccc1)c1c(Cl)nc2ccccn12. The Labute approximate surface area is 161 Å². The Morgan fingerprint density at radius 3 is 2.63 bits per heavy atom. The third-order valence-electron chi connectivity index (χ3n) is 4.12. The van der Waals surface area contributed by atoms with Crippen LogP contribution in [0.25, 0.3) is 5.65 Å². The van der Waals surface area contributed by atoms with Gasteiger partial charge in [-0.15, -0.1) is 0 Å². The summed E-state index contributed by atoms with van der Waals surface area (Å²) < 4.78 is 31.5. The zero-order valence-electron chi connectivity index (χ0n) is 14.2. The van der Waals surface area contributed by atoms with Crippen molar-refractivity contribution in [1.29, 1.82) is 0 Å². The van der Waals surface area contributed by atoms with Crippen molar-refractivity contribution in [3.63, 3.8) is 0 Å². The normalized spacial score (nSPS) is 11.9. The highest BCUT2D eigenvalue weighted by molar-refractivity contribution is 7.89. The third-order valence-corrected chi connectivity index (χ3v) is 5.92. The summed E-state index contributed by atoms with van der Waals surface area (Å²) in [5.41, 5.74) is 1.57. The number of hydrogen-bond acceptors (Lipinski definition) is 4. The smallest absolute Gasteiger partial charge is 0.260 e. The van der Waals surface area contributed by atoms with Gasteiger partial charge in [-0.05, 0) is 17.7 Å². The molecule has 9 heteroatoms.